The fourth-order valence-corrected chi connectivity index (χ4v) is 6.54. The largest absolute Gasteiger partial charge is 0.394 e. The molecule has 3 aliphatic carbocycles. The monoisotopic (exact) mass is 424 g/mol. The molecule has 170 valence electrons. The van der Waals surface area contributed by atoms with Gasteiger partial charge in [0.15, 0.2) is 5.78 Å². The van der Waals surface area contributed by atoms with Gasteiger partial charge in [0.1, 0.15) is 12.9 Å². The average molecular weight is 425 g/mol. The smallest absolute Gasteiger partial charge is 0.174 e. The summed E-state index contributed by atoms with van der Waals surface area (Å²) in [4.78, 5) is 14.1. The Hall–Kier alpha value is -0.830. The lowest BCUT2D eigenvalue weighted by Crippen LogP contribution is -2.68. The normalized spacial score (nSPS) is 45.2. The summed E-state index contributed by atoms with van der Waals surface area (Å²) in [5, 5.41) is 32.1. The Morgan fingerprint density at radius 1 is 1.27 bits per heavy atom. The van der Waals surface area contributed by atoms with E-state index >= 15 is 0 Å². The molecule has 1 aliphatic heterocycles. The number of ketones is 1. The van der Waals surface area contributed by atoms with Crippen molar-refractivity contribution in [2.75, 3.05) is 26.6 Å². The second-order valence-electron chi connectivity index (χ2n) is 10.4. The summed E-state index contributed by atoms with van der Waals surface area (Å²) in [5.41, 5.74) is -0.814. The highest BCUT2D eigenvalue weighted by Crippen LogP contribution is 2.61. The van der Waals surface area contributed by atoms with E-state index in [2.05, 4.69) is 0 Å². The lowest BCUT2D eigenvalue weighted by Gasteiger charge is -2.62. The molecule has 0 radical (unpaired) electrons. The molecule has 0 aromatic heterocycles. The maximum atomic E-state index is 14.1. The van der Waals surface area contributed by atoms with E-state index in [4.69, 9.17) is 19.3 Å². The average Bonchev–Trinajstić information content (AvgIpc) is 2.67. The van der Waals surface area contributed by atoms with Crippen LogP contribution >= 0.6 is 0 Å². The lowest BCUT2D eigenvalue weighted by atomic mass is 9.47. The number of fused-ring (bicyclic) bond motifs is 5. The molecule has 4 aliphatic rings. The van der Waals surface area contributed by atoms with Gasteiger partial charge in [-0.3, -0.25) is 4.79 Å². The van der Waals surface area contributed by atoms with Gasteiger partial charge in [0, 0.05) is 17.8 Å². The van der Waals surface area contributed by atoms with Crippen molar-refractivity contribution in [1.82, 2.24) is 0 Å². The van der Waals surface area contributed by atoms with Crippen LogP contribution in [0.25, 0.3) is 0 Å². The molecule has 7 nitrogen and oxygen atoms in total. The molecule has 0 spiro atoms. The summed E-state index contributed by atoms with van der Waals surface area (Å²) in [6.45, 7) is 8.27. The van der Waals surface area contributed by atoms with Crippen molar-refractivity contribution in [3.63, 3.8) is 0 Å². The van der Waals surface area contributed by atoms with Gasteiger partial charge in [-0.1, -0.05) is 19.4 Å². The van der Waals surface area contributed by atoms with Crippen LogP contribution in [0.4, 0.5) is 0 Å². The van der Waals surface area contributed by atoms with E-state index < -0.39 is 28.6 Å². The summed E-state index contributed by atoms with van der Waals surface area (Å²) in [6, 6.07) is 0. The predicted molar refractivity (Wildman–Crippen MR) is 109 cm³/mol. The number of ether oxygens (including phenoxy) is 3. The van der Waals surface area contributed by atoms with Crippen LogP contribution < -0.4 is 0 Å². The molecule has 30 heavy (non-hydrogen) atoms. The van der Waals surface area contributed by atoms with Crippen molar-refractivity contribution in [3.05, 3.63) is 11.1 Å². The zero-order valence-corrected chi connectivity index (χ0v) is 18.5. The Morgan fingerprint density at radius 2 is 2.00 bits per heavy atom. The van der Waals surface area contributed by atoms with Gasteiger partial charge >= 0.3 is 0 Å². The van der Waals surface area contributed by atoms with Gasteiger partial charge in [-0.2, -0.15) is 0 Å². The number of Topliss-reactive ketones (excluding diaryl/α,β-unsaturated/α-hetero) is 1. The predicted octanol–water partition coefficient (Wildman–Crippen LogP) is 1.58. The van der Waals surface area contributed by atoms with Gasteiger partial charge in [0.05, 0.1) is 43.0 Å². The zero-order chi connectivity index (χ0) is 21.9. The molecule has 7 heteroatoms. The highest BCUT2D eigenvalue weighted by Gasteiger charge is 2.66. The Bertz CT molecular complexity index is 731. The molecule has 0 aromatic carbocycles. The molecule has 3 N–H and O–H groups in total. The number of hydrogen-bond donors (Lipinski definition) is 3. The number of rotatable bonds is 5. The lowest BCUT2D eigenvalue weighted by molar-refractivity contribution is -0.244. The second-order valence-corrected chi connectivity index (χ2v) is 10.4. The number of carbonyl (C=O) groups is 1. The van der Waals surface area contributed by atoms with E-state index in [1.165, 1.54) is 0 Å². The molecule has 0 aromatic rings. The van der Waals surface area contributed by atoms with Crippen molar-refractivity contribution < 1.29 is 34.3 Å². The third-order valence-electron chi connectivity index (χ3n) is 8.77. The van der Waals surface area contributed by atoms with Crippen molar-refractivity contribution in [1.29, 1.82) is 0 Å². The van der Waals surface area contributed by atoms with Crippen molar-refractivity contribution in [2.45, 2.75) is 77.3 Å². The highest BCUT2D eigenvalue weighted by atomic mass is 16.7. The minimum Gasteiger partial charge on any atom is -0.394 e. The first-order valence-electron chi connectivity index (χ1n) is 11.1. The first kappa shape index (κ1) is 22.4. The zero-order valence-electron chi connectivity index (χ0n) is 18.5. The Kier molecular flexibility index (Phi) is 5.70. The van der Waals surface area contributed by atoms with Gasteiger partial charge in [0.2, 0.25) is 0 Å². The van der Waals surface area contributed by atoms with Gasteiger partial charge in [-0.15, -0.1) is 0 Å². The molecule has 1 heterocycles. The van der Waals surface area contributed by atoms with Crippen molar-refractivity contribution in [3.8, 4) is 0 Å². The van der Waals surface area contributed by atoms with Crippen molar-refractivity contribution in [2.24, 2.45) is 22.7 Å². The molecule has 7 unspecified atom stereocenters. The van der Waals surface area contributed by atoms with E-state index in [1.807, 2.05) is 27.7 Å². The van der Waals surface area contributed by atoms with Crippen LogP contribution in [0, 0.1) is 22.7 Å². The van der Waals surface area contributed by atoms with Crippen LogP contribution in [-0.4, -0.2) is 71.6 Å². The Balaban J connectivity index is 1.81. The van der Waals surface area contributed by atoms with Gasteiger partial charge in [-0.05, 0) is 44.6 Å². The van der Waals surface area contributed by atoms with Gasteiger partial charge in [0.25, 0.3) is 0 Å². The SMILES string of the molecule is CC1=C2C(OCOCCO)C(=O)C3(C)C(O)CC4OCC4C3CC(O)(CC1)C2(C)C. The van der Waals surface area contributed by atoms with Crippen LogP contribution in [0.3, 0.4) is 0 Å². The molecule has 0 amide bonds. The van der Waals surface area contributed by atoms with Crippen molar-refractivity contribution >= 4 is 5.78 Å². The van der Waals surface area contributed by atoms with Crippen LogP contribution in [0.15, 0.2) is 11.1 Å². The standard InChI is InChI=1S/C23H36O7/c1-13-5-6-23(27)10-15-14-11-29-16(14)9-17(25)22(15,4)20(26)19(18(13)21(23,2)3)30-12-28-8-7-24/h14-17,19,24-25,27H,5-12H2,1-4H3. The third kappa shape index (κ3) is 3.05. The molecular weight excluding hydrogens is 388 g/mol. The summed E-state index contributed by atoms with van der Waals surface area (Å²) < 4.78 is 17.0. The van der Waals surface area contributed by atoms with Crippen LogP contribution in [0.5, 0.6) is 0 Å². The van der Waals surface area contributed by atoms with E-state index in [0.29, 0.717) is 32.3 Å². The molecule has 3 fully saturated rings. The van der Waals surface area contributed by atoms with Crippen LogP contribution in [0.2, 0.25) is 0 Å². The van der Waals surface area contributed by atoms with E-state index in [1.54, 1.807) is 0 Å². The van der Waals surface area contributed by atoms with E-state index in [9.17, 15) is 15.0 Å². The maximum Gasteiger partial charge on any atom is 0.174 e. The summed E-state index contributed by atoms with van der Waals surface area (Å²) >= 11 is 0. The first-order chi connectivity index (χ1) is 14.1. The fourth-order valence-electron chi connectivity index (χ4n) is 6.54. The third-order valence-corrected chi connectivity index (χ3v) is 8.77. The van der Waals surface area contributed by atoms with Crippen LogP contribution in [0.1, 0.15) is 53.4 Å². The Morgan fingerprint density at radius 3 is 2.63 bits per heavy atom. The fraction of sp³-hybridized carbons (Fsp3) is 0.870. The van der Waals surface area contributed by atoms with E-state index in [-0.39, 0.29) is 43.7 Å². The molecule has 4 rings (SSSR count). The second kappa shape index (κ2) is 7.64. The first-order valence-corrected chi connectivity index (χ1v) is 11.1. The van der Waals surface area contributed by atoms with Gasteiger partial charge in [-0.25, -0.2) is 0 Å². The van der Waals surface area contributed by atoms with Gasteiger partial charge < -0.3 is 29.5 Å². The minimum atomic E-state index is -1.03. The number of allylic oxidation sites excluding steroid dienone is 1. The quantitative estimate of drug-likeness (QED) is 0.350. The molecule has 2 saturated carbocycles. The molecule has 2 bridgehead atoms. The minimum absolute atomic E-state index is 0.0513. The number of hydrogen-bond acceptors (Lipinski definition) is 7. The van der Waals surface area contributed by atoms with E-state index in [0.717, 1.165) is 11.1 Å². The number of aliphatic hydroxyl groups excluding tert-OH is 2. The number of carbonyl (C=O) groups excluding carboxylic acids is 1. The maximum absolute atomic E-state index is 14.1. The summed E-state index contributed by atoms with van der Waals surface area (Å²) in [5.74, 6) is -0.160. The number of aliphatic hydroxyl groups is 3. The summed E-state index contributed by atoms with van der Waals surface area (Å²) in [6.07, 6.45) is 0.419. The molecule has 7 atom stereocenters. The summed E-state index contributed by atoms with van der Waals surface area (Å²) in [7, 11) is 0. The highest BCUT2D eigenvalue weighted by molar-refractivity contribution is 5.93. The molecular formula is C23H36O7. The Labute approximate surface area is 178 Å². The topological polar surface area (TPSA) is 105 Å². The van der Waals surface area contributed by atoms with Crippen LogP contribution in [-0.2, 0) is 19.0 Å². The molecule has 1 saturated heterocycles.